The Hall–Kier alpha value is -2.83. The van der Waals surface area contributed by atoms with E-state index in [1.54, 1.807) is 6.07 Å². The topological polar surface area (TPSA) is 102 Å². The van der Waals surface area contributed by atoms with Gasteiger partial charge in [-0.25, -0.2) is 9.37 Å². The number of nitrogen functional groups attached to an aromatic ring is 2. The summed E-state index contributed by atoms with van der Waals surface area (Å²) < 4.78 is 52.5. The third kappa shape index (κ3) is 2.71. The van der Waals surface area contributed by atoms with Crippen molar-refractivity contribution < 1.29 is 17.3 Å². The van der Waals surface area contributed by atoms with Crippen molar-refractivity contribution in [2.75, 3.05) is 11.5 Å². The lowest BCUT2D eigenvalue weighted by molar-refractivity contribution is 0.501. The summed E-state index contributed by atoms with van der Waals surface area (Å²) in [5.74, 6) is -1.69. The van der Waals surface area contributed by atoms with Crippen LogP contribution in [0.2, 0.25) is 0 Å². The molecule has 21 heavy (non-hydrogen) atoms. The molecule has 0 unspecified atom stereocenters. The van der Waals surface area contributed by atoms with Gasteiger partial charge >= 0.3 is 6.98 Å². The van der Waals surface area contributed by atoms with Crippen LogP contribution < -0.4 is 16.9 Å². The minimum absolute atomic E-state index is 0.370. The smallest absolute Gasteiger partial charge is 0.445 e. The second kappa shape index (κ2) is 4.94. The number of nitrogens with two attached hydrogens (primary N) is 2. The number of nitriles is 1. The van der Waals surface area contributed by atoms with E-state index in [2.05, 4.69) is 9.97 Å². The SMILES string of the molecule is N#Cc1c(N)nc(N)nc1-c1cc(F)ccc1[B-](F)(F)F. The van der Waals surface area contributed by atoms with Crippen molar-refractivity contribution in [1.29, 1.82) is 5.26 Å². The molecule has 0 aliphatic carbocycles. The van der Waals surface area contributed by atoms with Crippen LogP contribution in [0, 0.1) is 17.1 Å². The van der Waals surface area contributed by atoms with Crippen LogP contribution >= 0.6 is 0 Å². The van der Waals surface area contributed by atoms with Gasteiger partial charge in [-0.15, -0.1) is 0 Å². The zero-order valence-electron chi connectivity index (χ0n) is 10.3. The van der Waals surface area contributed by atoms with Crippen LogP contribution in [0.1, 0.15) is 5.56 Å². The van der Waals surface area contributed by atoms with Crippen molar-refractivity contribution in [3.8, 4) is 17.3 Å². The molecule has 1 heterocycles. The Labute approximate surface area is 116 Å². The van der Waals surface area contributed by atoms with Crippen LogP contribution in [0.15, 0.2) is 18.2 Å². The quantitative estimate of drug-likeness (QED) is 0.643. The van der Waals surface area contributed by atoms with Crippen molar-refractivity contribution in [1.82, 2.24) is 9.97 Å². The van der Waals surface area contributed by atoms with Crippen molar-refractivity contribution in [3.63, 3.8) is 0 Å². The molecule has 4 N–H and O–H groups in total. The maximum atomic E-state index is 13.3. The predicted octanol–water partition coefficient (Wildman–Crippen LogP) is 1.37. The third-order valence-electron chi connectivity index (χ3n) is 2.69. The Kier molecular flexibility index (Phi) is 3.43. The molecule has 0 bridgehead atoms. The first kappa shape index (κ1) is 14.6. The van der Waals surface area contributed by atoms with Crippen LogP contribution in [0.4, 0.5) is 29.1 Å². The van der Waals surface area contributed by atoms with Gasteiger partial charge < -0.3 is 24.4 Å². The zero-order chi connectivity index (χ0) is 15.8. The summed E-state index contributed by atoms with van der Waals surface area (Å²) in [5, 5.41) is 8.99. The molecule has 5 nitrogen and oxygen atoms in total. The molecule has 1 aromatic carbocycles. The number of halogens is 4. The fraction of sp³-hybridized carbons (Fsp3) is 0. The van der Waals surface area contributed by atoms with E-state index in [9.17, 15) is 17.3 Å². The van der Waals surface area contributed by atoms with E-state index >= 15 is 0 Å². The molecule has 108 valence electrons. The predicted molar refractivity (Wildman–Crippen MR) is 69.7 cm³/mol. The van der Waals surface area contributed by atoms with Gasteiger partial charge in [0.25, 0.3) is 0 Å². The second-order valence-electron chi connectivity index (χ2n) is 4.11. The monoisotopic (exact) mass is 296 g/mol. The number of rotatable bonds is 2. The van der Waals surface area contributed by atoms with Crippen LogP contribution in [-0.4, -0.2) is 16.9 Å². The Morgan fingerprint density at radius 3 is 2.38 bits per heavy atom. The first-order chi connectivity index (χ1) is 9.74. The summed E-state index contributed by atoms with van der Waals surface area (Å²) in [6.07, 6.45) is 0. The highest BCUT2D eigenvalue weighted by atomic mass is 19.4. The molecular formula is C11H7BF4N5-. The standard InChI is InChI=1S/C11H7BF4N5/c13-5-1-2-8(12(14,15)16)6(3-5)9-7(4-17)10(18)21-11(19)20-9/h1-3H,(H4,18,19,20,21)/q-1. The number of hydrogen-bond acceptors (Lipinski definition) is 5. The largest absolute Gasteiger partial charge is 0.510 e. The van der Waals surface area contributed by atoms with Crippen LogP contribution in [-0.2, 0) is 0 Å². The van der Waals surface area contributed by atoms with Crippen molar-refractivity contribution >= 4 is 24.2 Å². The molecule has 2 aromatic rings. The lowest BCUT2D eigenvalue weighted by Crippen LogP contribution is -2.36. The average Bonchev–Trinajstić information content (AvgIpc) is 2.36. The van der Waals surface area contributed by atoms with Crippen molar-refractivity contribution in [3.05, 3.63) is 29.6 Å². The van der Waals surface area contributed by atoms with Gasteiger partial charge in [-0.05, 0) is 17.7 Å². The summed E-state index contributed by atoms with van der Waals surface area (Å²) in [7, 11) is 0. The second-order valence-corrected chi connectivity index (χ2v) is 4.11. The van der Waals surface area contributed by atoms with Crippen LogP contribution in [0.3, 0.4) is 0 Å². The Morgan fingerprint density at radius 1 is 1.14 bits per heavy atom. The molecule has 2 rings (SSSR count). The Morgan fingerprint density at radius 2 is 1.81 bits per heavy atom. The molecule has 0 saturated heterocycles. The molecular weight excluding hydrogens is 289 g/mol. The van der Waals surface area contributed by atoms with E-state index in [1.807, 2.05) is 0 Å². The summed E-state index contributed by atoms with van der Waals surface area (Å²) in [4.78, 5) is 7.09. The highest BCUT2D eigenvalue weighted by Gasteiger charge is 2.30. The maximum Gasteiger partial charge on any atom is 0.510 e. The Bertz CT molecular complexity index is 753. The molecule has 0 aliphatic heterocycles. The molecule has 10 heteroatoms. The normalized spacial score (nSPS) is 11.2. The van der Waals surface area contributed by atoms with Gasteiger partial charge in [0.1, 0.15) is 23.3 Å². The summed E-state index contributed by atoms with van der Waals surface area (Å²) in [5.41, 5.74) is 8.25. The minimum Gasteiger partial charge on any atom is -0.445 e. The highest BCUT2D eigenvalue weighted by molar-refractivity contribution is 6.75. The van der Waals surface area contributed by atoms with Crippen LogP contribution in [0.25, 0.3) is 11.3 Å². The molecule has 0 amide bonds. The molecule has 0 fully saturated rings. The van der Waals surface area contributed by atoms with E-state index in [-0.39, 0.29) is 5.82 Å². The molecule has 0 aliphatic rings. The van der Waals surface area contributed by atoms with Crippen molar-refractivity contribution in [2.45, 2.75) is 0 Å². The number of anilines is 2. The minimum atomic E-state index is -5.44. The lowest BCUT2D eigenvalue weighted by Gasteiger charge is -2.20. The van der Waals surface area contributed by atoms with E-state index in [0.717, 1.165) is 0 Å². The van der Waals surface area contributed by atoms with Gasteiger partial charge in [0.15, 0.2) is 0 Å². The number of aromatic nitrogens is 2. The summed E-state index contributed by atoms with van der Waals surface area (Å²) in [6.45, 7) is -5.44. The molecule has 0 saturated carbocycles. The van der Waals surface area contributed by atoms with Crippen LogP contribution in [0.5, 0.6) is 0 Å². The van der Waals surface area contributed by atoms with E-state index in [0.29, 0.717) is 18.2 Å². The zero-order valence-corrected chi connectivity index (χ0v) is 10.3. The molecule has 1 aromatic heterocycles. The molecule has 0 atom stereocenters. The molecule has 0 radical (unpaired) electrons. The van der Waals surface area contributed by atoms with Gasteiger partial charge in [-0.1, -0.05) is 11.5 Å². The number of hydrogen-bond donors (Lipinski definition) is 2. The Balaban J connectivity index is 2.85. The lowest BCUT2D eigenvalue weighted by atomic mass is 9.75. The van der Waals surface area contributed by atoms with Gasteiger partial charge in [-0.2, -0.15) is 10.2 Å². The number of nitrogens with zero attached hydrogens (tertiary/aromatic N) is 3. The summed E-state index contributed by atoms with van der Waals surface area (Å²) in [6, 6.07) is 3.49. The van der Waals surface area contributed by atoms with Gasteiger partial charge in [0.05, 0.1) is 5.69 Å². The fourth-order valence-electron chi connectivity index (χ4n) is 1.82. The van der Waals surface area contributed by atoms with Gasteiger partial charge in [-0.3, -0.25) is 0 Å². The highest BCUT2D eigenvalue weighted by Crippen LogP contribution is 2.27. The first-order valence-electron chi connectivity index (χ1n) is 5.57. The fourth-order valence-corrected chi connectivity index (χ4v) is 1.82. The third-order valence-corrected chi connectivity index (χ3v) is 2.69. The van der Waals surface area contributed by atoms with E-state index < -0.39 is 41.0 Å². The summed E-state index contributed by atoms with van der Waals surface area (Å²) >= 11 is 0. The van der Waals surface area contributed by atoms with Crippen molar-refractivity contribution in [2.24, 2.45) is 0 Å². The molecule has 0 spiro atoms. The first-order valence-corrected chi connectivity index (χ1v) is 5.57. The van der Waals surface area contributed by atoms with E-state index in [4.69, 9.17) is 16.7 Å². The number of benzene rings is 1. The maximum absolute atomic E-state index is 13.3. The van der Waals surface area contributed by atoms with Gasteiger partial charge in [0.2, 0.25) is 5.95 Å². The van der Waals surface area contributed by atoms with Gasteiger partial charge in [0, 0.05) is 0 Å². The average molecular weight is 296 g/mol. The van der Waals surface area contributed by atoms with E-state index in [1.165, 1.54) is 0 Å².